The molecule has 3 nitrogen and oxygen atoms in total. The third-order valence-corrected chi connectivity index (χ3v) is 2.44. The smallest absolute Gasteiger partial charge is 0.125 e. The van der Waals surface area contributed by atoms with Crippen LogP contribution in [0.3, 0.4) is 0 Å². The number of rotatable bonds is 5. The number of hydrogen-bond acceptors (Lipinski definition) is 3. The minimum absolute atomic E-state index is 0.171. The fourth-order valence-electron chi connectivity index (χ4n) is 1.38. The molecule has 0 saturated carbocycles. The van der Waals surface area contributed by atoms with Gasteiger partial charge < -0.3 is 15.2 Å². The van der Waals surface area contributed by atoms with Gasteiger partial charge >= 0.3 is 0 Å². The van der Waals surface area contributed by atoms with Crippen molar-refractivity contribution >= 4 is 11.6 Å². The van der Waals surface area contributed by atoms with Crippen molar-refractivity contribution in [2.45, 2.75) is 26.0 Å². The number of methoxy groups -OCH3 is 1. The standard InChI is InChI=1S/C12H18ClNO2/c1-8(2)16-7-11(14)10-5-4-9(13)6-12(10)15-3/h4-6,8,11H,7,14H2,1-3H3. The second kappa shape index (κ2) is 6.09. The third-order valence-electron chi connectivity index (χ3n) is 2.20. The molecule has 0 bridgehead atoms. The van der Waals surface area contributed by atoms with E-state index in [-0.39, 0.29) is 12.1 Å². The number of nitrogens with two attached hydrogens (primary N) is 1. The zero-order chi connectivity index (χ0) is 12.1. The van der Waals surface area contributed by atoms with E-state index in [1.807, 2.05) is 19.9 Å². The molecule has 0 saturated heterocycles. The molecular formula is C12H18ClNO2. The van der Waals surface area contributed by atoms with Crippen LogP contribution in [0.25, 0.3) is 0 Å². The average molecular weight is 244 g/mol. The minimum atomic E-state index is -0.199. The Kier molecular flexibility index (Phi) is 5.06. The monoisotopic (exact) mass is 243 g/mol. The average Bonchev–Trinajstić information content (AvgIpc) is 2.25. The summed E-state index contributed by atoms with van der Waals surface area (Å²) in [6.45, 7) is 4.42. The van der Waals surface area contributed by atoms with E-state index in [4.69, 9.17) is 26.8 Å². The lowest BCUT2D eigenvalue weighted by molar-refractivity contribution is 0.0679. The summed E-state index contributed by atoms with van der Waals surface area (Å²) in [7, 11) is 1.60. The van der Waals surface area contributed by atoms with Gasteiger partial charge in [-0.15, -0.1) is 0 Å². The third kappa shape index (κ3) is 3.67. The first-order chi connectivity index (χ1) is 7.54. The Morgan fingerprint density at radius 2 is 2.06 bits per heavy atom. The van der Waals surface area contributed by atoms with Crippen LogP contribution in [0.4, 0.5) is 0 Å². The van der Waals surface area contributed by atoms with E-state index in [9.17, 15) is 0 Å². The van der Waals surface area contributed by atoms with Crippen molar-refractivity contribution in [1.82, 2.24) is 0 Å². The quantitative estimate of drug-likeness (QED) is 0.865. The molecule has 0 amide bonds. The van der Waals surface area contributed by atoms with E-state index in [1.54, 1.807) is 19.2 Å². The molecule has 0 radical (unpaired) electrons. The van der Waals surface area contributed by atoms with Gasteiger partial charge in [0.15, 0.2) is 0 Å². The maximum absolute atomic E-state index is 6.02. The molecule has 0 aliphatic carbocycles. The summed E-state index contributed by atoms with van der Waals surface area (Å²) in [4.78, 5) is 0. The van der Waals surface area contributed by atoms with Crippen LogP contribution >= 0.6 is 11.6 Å². The van der Waals surface area contributed by atoms with Crippen LogP contribution in [0.15, 0.2) is 18.2 Å². The predicted octanol–water partition coefficient (Wildman–Crippen LogP) is 2.77. The molecule has 1 aromatic carbocycles. The van der Waals surface area contributed by atoms with Crippen molar-refractivity contribution in [2.75, 3.05) is 13.7 Å². The van der Waals surface area contributed by atoms with Gasteiger partial charge in [-0.2, -0.15) is 0 Å². The summed E-state index contributed by atoms with van der Waals surface area (Å²) in [5, 5.41) is 0.637. The molecule has 1 unspecified atom stereocenters. The number of ether oxygens (including phenoxy) is 2. The largest absolute Gasteiger partial charge is 0.496 e. The van der Waals surface area contributed by atoms with Crippen molar-refractivity contribution in [3.63, 3.8) is 0 Å². The van der Waals surface area contributed by atoms with Gasteiger partial charge in [0.2, 0.25) is 0 Å². The maximum atomic E-state index is 6.02. The molecule has 1 atom stereocenters. The second-order valence-electron chi connectivity index (χ2n) is 3.87. The van der Waals surface area contributed by atoms with Gasteiger partial charge in [-0.3, -0.25) is 0 Å². The van der Waals surface area contributed by atoms with Gasteiger partial charge in [-0.1, -0.05) is 17.7 Å². The lowest BCUT2D eigenvalue weighted by Gasteiger charge is -2.17. The minimum Gasteiger partial charge on any atom is -0.496 e. The lowest BCUT2D eigenvalue weighted by Crippen LogP contribution is -2.20. The van der Waals surface area contributed by atoms with Gasteiger partial charge in [0.25, 0.3) is 0 Å². The Balaban J connectivity index is 2.77. The molecule has 0 fully saturated rings. The summed E-state index contributed by atoms with van der Waals surface area (Å²) < 4.78 is 10.7. The van der Waals surface area contributed by atoms with E-state index >= 15 is 0 Å². The molecule has 0 aromatic heterocycles. The van der Waals surface area contributed by atoms with Crippen LogP contribution < -0.4 is 10.5 Å². The van der Waals surface area contributed by atoms with Crippen LogP contribution in [-0.4, -0.2) is 19.8 Å². The van der Waals surface area contributed by atoms with Gasteiger partial charge in [0.05, 0.1) is 25.9 Å². The molecule has 0 aliphatic heterocycles. The molecule has 4 heteroatoms. The van der Waals surface area contributed by atoms with Gasteiger partial charge in [0, 0.05) is 10.6 Å². The van der Waals surface area contributed by atoms with E-state index < -0.39 is 0 Å². The van der Waals surface area contributed by atoms with Crippen molar-refractivity contribution in [3.8, 4) is 5.75 Å². The first-order valence-corrected chi connectivity index (χ1v) is 5.63. The van der Waals surface area contributed by atoms with Crippen molar-refractivity contribution in [3.05, 3.63) is 28.8 Å². The van der Waals surface area contributed by atoms with Crippen molar-refractivity contribution < 1.29 is 9.47 Å². The summed E-state index contributed by atoms with van der Waals surface area (Å²) in [5.74, 6) is 0.701. The second-order valence-corrected chi connectivity index (χ2v) is 4.31. The summed E-state index contributed by atoms with van der Waals surface area (Å²) in [6, 6.07) is 5.23. The molecule has 2 N–H and O–H groups in total. The fraction of sp³-hybridized carbons (Fsp3) is 0.500. The number of benzene rings is 1. The first-order valence-electron chi connectivity index (χ1n) is 5.25. The highest BCUT2D eigenvalue weighted by Crippen LogP contribution is 2.27. The predicted molar refractivity (Wildman–Crippen MR) is 66.0 cm³/mol. The van der Waals surface area contributed by atoms with Crippen LogP contribution in [-0.2, 0) is 4.74 Å². The molecule has 0 heterocycles. The van der Waals surface area contributed by atoms with Crippen LogP contribution in [0, 0.1) is 0 Å². The van der Waals surface area contributed by atoms with Crippen molar-refractivity contribution in [2.24, 2.45) is 5.73 Å². The first kappa shape index (κ1) is 13.3. The molecule has 1 aromatic rings. The maximum Gasteiger partial charge on any atom is 0.125 e. The van der Waals surface area contributed by atoms with Crippen molar-refractivity contribution in [1.29, 1.82) is 0 Å². The highest BCUT2D eigenvalue weighted by atomic mass is 35.5. The molecular weight excluding hydrogens is 226 g/mol. The summed E-state index contributed by atoms with van der Waals surface area (Å²) in [6.07, 6.45) is 0.171. The summed E-state index contributed by atoms with van der Waals surface area (Å²) in [5.41, 5.74) is 6.93. The zero-order valence-electron chi connectivity index (χ0n) is 9.87. The Bertz CT molecular complexity index is 342. The normalized spacial score (nSPS) is 12.9. The van der Waals surface area contributed by atoms with Gasteiger partial charge in [-0.05, 0) is 26.0 Å². The fourth-order valence-corrected chi connectivity index (χ4v) is 1.54. The SMILES string of the molecule is COc1cc(Cl)ccc1C(N)COC(C)C. The van der Waals surface area contributed by atoms with Crippen LogP contribution in [0.1, 0.15) is 25.5 Å². The van der Waals surface area contributed by atoms with E-state index in [2.05, 4.69) is 0 Å². The lowest BCUT2D eigenvalue weighted by atomic mass is 10.1. The molecule has 90 valence electrons. The molecule has 1 rings (SSSR count). The van der Waals surface area contributed by atoms with E-state index in [0.29, 0.717) is 17.4 Å². The Hall–Kier alpha value is -0.770. The van der Waals surface area contributed by atoms with E-state index in [1.165, 1.54) is 0 Å². The van der Waals surface area contributed by atoms with Gasteiger partial charge in [-0.25, -0.2) is 0 Å². The zero-order valence-corrected chi connectivity index (χ0v) is 10.6. The Labute approximate surface area is 101 Å². The van der Waals surface area contributed by atoms with Crippen LogP contribution in [0.2, 0.25) is 5.02 Å². The van der Waals surface area contributed by atoms with E-state index in [0.717, 1.165) is 5.56 Å². The molecule has 16 heavy (non-hydrogen) atoms. The van der Waals surface area contributed by atoms with Gasteiger partial charge in [0.1, 0.15) is 5.75 Å². The highest BCUT2D eigenvalue weighted by molar-refractivity contribution is 6.30. The summed E-state index contributed by atoms with van der Waals surface area (Å²) >= 11 is 5.88. The number of halogens is 1. The molecule has 0 aliphatic rings. The highest BCUT2D eigenvalue weighted by Gasteiger charge is 2.13. The van der Waals surface area contributed by atoms with Crippen LogP contribution in [0.5, 0.6) is 5.75 Å². The Morgan fingerprint density at radius 3 is 2.62 bits per heavy atom. The number of hydrogen-bond donors (Lipinski definition) is 1. The topological polar surface area (TPSA) is 44.5 Å². The molecule has 0 spiro atoms. The Morgan fingerprint density at radius 1 is 1.38 bits per heavy atom.